The number of hydrogen-bond acceptors (Lipinski definition) is 12. The van der Waals surface area contributed by atoms with E-state index in [0.29, 0.717) is 30.1 Å². The molecule has 3 N–H and O–H groups in total. The molecular weight excluding hydrogens is 628 g/mol. The average molecular weight is 665 g/mol. The van der Waals surface area contributed by atoms with Crippen LogP contribution in [0.4, 0.5) is 22.0 Å². The number of carbonyl (C=O) groups is 2. The van der Waals surface area contributed by atoms with Crippen molar-refractivity contribution in [2.24, 2.45) is 5.92 Å². The van der Waals surface area contributed by atoms with Gasteiger partial charge in [0.25, 0.3) is 16.0 Å². The summed E-state index contributed by atoms with van der Waals surface area (Å²) >= 11 is 0. The third kappa shape index (κ3) is 10.2. The molecule has 45 heavy (non-hydrogen) atoms. The number of pyridine rings is 1. The summed E-state index contributed by atoms with van der Waals surface area (Å²) in [6.07, 6.45) is 3.91. The van der Waals surface area contributed by atoms with E-state index in [1.54, 1.807) is 30.3 Å². The van der Waals surface area contributed by atoms with Crippen LogP contribution in [-0.4, -0.2) is 75.0 Å². The fraction of sp³-hybridized carbons (Fsp3) is 0.429. The maximum absolute atomic E-state index is 12.7. The molecule has 15 nitrogen and oxygen atoms in total. The van der Waals surface area contributed by atoms with Crippen LogP contribution in [0.5, 0.6) is 5.75 Å². The number of amides is 3. The normalized spacial score (nSPS) is 16.6. The second-order valence-electron chi connectivity index (χ2n) is 11.8. The van der Waals surface area contributed by atoms with E-state index in [2.05, 4.69) is 26.1 Å². The molecule has 0 radical (unpaired) electrons. The Morgan fingerprint density at radius 3 is 2.24 bits per heavy atom. The zero-order chi connectivity index (χ0) is 33.0. The molecule has 3 amide bonds. The second-order valence-corrected chi connectivity index (χ2v) is 15.5. The number of anilines is 3. The molecular formula is C28H36N6O9S2. The van der Waals surface area contributed by atoms with Crippen LogP contribution in [0.1, 0.15) is 49.9 Å². The van der Waals surface area contributed by atoms with Gasteiger partial charge in [0.2, 0.25) is 0 Å². The largest absolute Gasteiger partial charge is 0.473 e. The number of ether oxygens (including phenoxy) is 1. The van der Waals surface area contributed by atoms with Crippen LogP contribution in [0.3, 0.4) is 0 Å². The quantitative estimate of drug-likeness (QED) is 0.269. The smallest absolute Gasteiger partial charge is 0.324 e. The number of nitrogens with zero attached hydrogens (tertiary/aromatic N) is 3. The molecule has 1 aliphatic rings. The van der Waals surface area contributed by atoms with E-state index in [0.717, 1.165) is 12.5 Å². The summed E-state index contributed by atoms with van der Waals surface area (Å²) in [7, 11) is -7.32. The van der Waals surface area contributed by atoms with Crippen molar-refractivity contribution >= 4 is 49.1 Å². The highest BCUT2D eigenvalue weighted by Crippen LogP contribution is 2.27. The molecule has 2 unspecified atom stereocenters. The first-order valence-electron chi connectivity index (χ1n) is 13.9. The molecule has 2 atom stereocenters. The highest BCUT2D eigenvalue weighted by Gasteiger charge is 2.33. The maximum atomic E-state index is 12.7. The van der Waals surface area contributed by atoms with Crippen molar-refractivity contribution in [3.05, 3.63) is 60.1 Å². The van der Waals surface area contributed by atoms with Crippen molar-refractivity contribution in [1.29, 1.82) is 0 Å². The van der Waals surface area contributed by atoms with E-state index in [1.807, 2.05) is 20.8 Å². The highest BCUT2D eigenvalue weighted by molar-refractivity contribution is 7.91. The first-order valence-corrected chi connectivity index (χ1v) is 17.6. The third-order valence-electron chi connectivity index (χ3n) is 6.62. The second kappa shape index (κ2) is 13.5. The predicted molar refractivity (Wildman–Crippen MR) is 166 cm³/mol. The lowest BCUT2D eigenvalue weighted by Gasteiger charge is -2.21. The van der Waals surface area contributed by atoms with Crippen molar-refractivity contribution in [1.82, 2.24) is 15.2 Å². The summed E-state index contributed by atoms with van der Waals surface area (Å²) in [5.41, 5.74) is -0.476. The Balaban J connectivity index is 1.29. The number of aromatic nitrogens is 2. The zero-order valence-electron chi connectivity index (χ0n) is 25.4. The van der Waals surface area contributed by atoms with Crippen LogP contribution in [0.15, 0.2) is 53.2 Å². The van der Waals surface area contributed by atoms with Crippen molar-refractivity contribution in [2.75, 3.05) is 41.6 Å². The lowest BCUT2D eigenvalue weighted by Crippen LogP contribution is -2.31. The van der Waals surface area contributed by atoms with Gasteiger partial charge < -0.3 is 19.9 Å². The maximum Gasteiger partial charge on any atom is 0.324 e. The lowest BCUT2D eigenvalue weighted by molar-refractivity contribution is -0.0305. The SMILES string of the molecule is CC(C)(C)c1cc(NC(=O)Nc2ccc(NC(=O)c3ccc(OC(CC4CCN(OS(C)(=O)=O)C4)S(C)(=O)=O)cn3)cc2)no1. The van der Waals surface area contributed by atoms with E-state index in [4.69, 9.17) is 13.5 Å². The Kier molecular flexibility index (Phi) is 10.2. The summed E-state index contributed by atoms with van der Waals surface area (Å²) in [4.78, 5) is 29.2. The average Bonchev–Trinajstić information content (AvgIpc) is 3.57. The van der Waals surface area contributed by atoms with Gasteiger partial charge in [0.1, 0.15) is 17.2 Å². The third-order valence-corrected chi connectivity index (χ3v) is 8.35. The Morgan fingerprint density at radius 1 is 1.02 bits per heavy atom. The molecule has 1 aliphatic heterocycles. The van der Waals surface area contributed by atoms with Gasteiger partial charge in [-0.3, -0.25) is 10.1 Å². The summed E-state index contributed by atoms with van der Waals surface area (Å²) in [5.74, 6) is 0.370. The minimum absolute atomic E-state index is 0.0615. The van der Waals surface area contributed by atoms with Crippen LogP contribution < -0.4 is 20.7 Å². The first kappa shape index (κ1) is 33.8. The Bertz CT molecular complexity index is 1720. The van der Waals surface area contributed by atoms with Crippen LogP contribution in [0.25, 0.3) is 0 Å². The number of benzene rings is 1. The number of hydroxylamine groups is 2. The van der Waals surface area contributed by atoms with Gasteiger partial charge in [-0.05, 0) is 48.7 Å². The number of rotatable bonds is 11. The minimum Gasteiger partial charge on any atom is -0.473 e. The Morgan fingerprint density at radius 2 is 1.69 bits per heavy atom. The molecule has 17 heteroatoms. The predicted octanol–water partition coefficient (Wildman–Crippen LogP) is 3.62. The molecule has 1 saturated heterocycles. The van der Waals surface area contributed by atoms with Gasteiger partial charge in [-0.25, -0.2) is 18.2 Å². The molecule has 2 aromatic heterocycles. The van der Waals surface area contributed by atoms with Crippen LogP contribution in [0, 0.1) is 5.92 Å². The van der Waals surface area contributed by atoms with Gasteiger partial charge in [-0.1, -0.05) is 25.9 Å². The van der Waals surface area contributed by atoms with Gasteiger partial charge in [0.05, 0.1) is 12.5 Å². The van der Waals surface area contributed by atoms with E-state index < -0.39 is 37.3 Å². The number of nitrogens with one attached hydrogen (secondary N) is 3. The van der Waals surface area contributed by atoms with Gasteiger partial charge >= 0.3 is 6.03 Å². The molecule has 1 fully saturated rings. The van der Waals surface area contributed by atoms with Crippen LogP contribution in [0.2, 0.25) is 0 Å². The van der Waals surface area contributed by atoms with E-state index in [-0.39, 0.29) is 41.6 Å². The summed E-state index contributed by atoms with van der Waals surface area (Å²) in [6, 6.07) is 10.4. The van der Waals surface area contributed by atoms with Gasteiger partial charge in [0, 0.05) is 48.6 Å². The summed E-state index contributed by atoms with van der Waals surface area (Å²) < 4.78 is 63.5. The van der Waals surface area contributed by atoms with Crippen LogP contribution >= 0.6 is 0 Å². The topological polar surface area (TPSA) is 199 Å². The molecule has 0 spiro atoms. The molecule has 0 bridgehead atoms. The Hall–Kier alpha value is -4.06. The van der Waals surface area contributed by atoms with Crippen molar-refractivity contribution < 1.29 is 40.0 Å². The monoisotopic (exact) mass is 664 g/mol. The molecule has 4 rings (SSSR count). The lowest BCUT2D eigenvalue weighted by atomic mass is 9.93. The zero-order valence-corrected chi connectivity index (χ0v) is 27.1. The molecule has 0 saturated carbocycles. The standard InChI is InChI=1S/C28H36N6O9S2/c1-28(2,3)23-15-24(33-42-23)32-27(36)31-20-8-6-19(7-9-20)30-26(35)22-11-10-21(16-29-22)41-25(44(4,37)38)14-18-12-13-34(17-18)43-45(5,39)40/h6-11,15-16,18,25H,12-14,17H2,1-5H3,(H,30,35)(H2,31,32,33,36). The number of hydrogen-bond donors (Lipinski definition) is 3. The number of urea groups is 1. The minimum atomic E-state index is -3.67. The molecule has 3 aromatic rings. The van der Waals surface area contributed by atoms with Crippen molar-refractivity contribution in [3.8, 4) is 5.75 Å². The van der Waals surface area contributed by atoms with E-state index in [1.165, 1.54) is 23.4 Å². The van der Waals surface area contributed by atoms with Crippen molar-refractivity contribution in [2.45, 2.75) is 44.5 Å². The van der Waals surface area contributed by atoms with Crippen molar-refractivity contribution in [3.63, 3.8) is 0 Å². The Labute approximate surface area is 261 Å². The fourth-order valence-corrected chi connectivity index (χ4v) is 5.79. The van der Waals surface area contributed by atoms with Gasteiger partial charge in [-0.15, -0.1) is 0 Å². The summed E-state index contributed by atoms with van der Waals surface area (Å²) in [6.45, 7) is 6.47. The number of carbonyl (C=O) groups excluding carboxylic acids is 2. The molecule has 244 valence electrons. The molecule has 0 aliphatic carbocycles. The van der Waals surface area contributed by atoms with Crippen LogP contribution in [-0.2, 0) is 29.7 Å². The number of sulfone groups is 1. The highest BCUT2D eigenvalue weighted by atomic mass is 32.2. The molecule has 1 aromatic carbocycles. The van der Waals surface area contributed by atoms with Gasteiger partial charge in [-0.2, -0.15) is 17.8 Å². The fourth-order valence-electron chi connectivity index (χ4n) is 4.37. The van der Waals surface area contributed by atoms with Gasteiger partial charge in [0.15, 0.2) is 21.1 Å². The van der Waals surface area contributed by atoms with E-state index in [9.17, 15) is 26.4 Å². The summed E-state index contributed by atoms with van der Waals surface area (Å²) in [5, 5.41) is 13.1. The molecule has 3 heterocycles. The first-order chi connectivity index (χ1) is 20.9. The van der Waals surface area contributed by atoms with E-state index >= 15 is 0 Å².